The molecule has 16 heavy (non-hydrogen) atoms. The largest absolute Gasteiger partial charge is 0.312 e. The Morgan fingerprint density at radius 1 is 1.62 bits per heavy atom. The van der Waals surface area contributed by atoms with Gasteiger partial charge in [0, 0.05) is 24.3 Å². The SMILES string of the molecule is CCN1CCC(CNCc2cn[nH]c2C)C1. The number of nitrogens with one attached hydrogen (secondary N) is 2. The predicted octanol–water partition coefficient (Wildman–Crippen LogP) is 1.15. The molecule has 0 spiro atoms. The number of aromatic nitrogens is 2. The van der Waals surface area contributed by atoms with Crippen LogP contribution in [0.1, 0.15) is 24.6 Å². The molecule has 0 amide bonds. The van der Waals surface area contributed by atoms with E-state index in [0.29, 0.717) is 0 Å². The summed E-state index contributed by atoms with van der Waals surface area (Å²) in [5.74, 6) is 0.826. The minimum atomic E-state index is 0.826. The van der Waals surface area contributed by atoms with E-state index < -0.39 is 0 Å². The molecule has 0 radical (unpaired) electrons. The van der Waals surface area contributed by atoms with Gasteiger partial charge >= 0.3 is 0 Å². The summed E-state index contributed by atoms with van der Waals surface area (Å²) < 4.78 is 0. The van der Waals surface area contributed by atoms with Gasteiger partial charge in [0.15, 0.2) is 0 Å². The minimum Gasteiger partial charge on any atom is -0.312 e. The summed E-state index contributed by atoms with van der Waals surface area (Å²) >= 11 is 0. The fourth-order valence-electron chi connectivity index (χ4n) is 2.33. The molecule has 1 aliphatic rings. The van der Waals surface area contributed by atoms with Gasteiger partial charge in [-0.1, -0.05) is 6.92 Å². The summed E-state index contributed by atoms with van der Waals surface area (Å²) in [4.78, 5) is 2.52. The van der Waals surface area contributed by atoms with Crippen molar-refractivity contribution in [2.24, 2.45) is 5.92 Å². The third kappa shape index (κ3) is 2.83. The molecule has 4 heteroatoms. The van der Waals surface area contributed by atoms with Gasteiger partial charge in [0.05, 0.1) is 6.20 Å². The summed E-state index contributed by atoms with van der Waals surface area (Å²) in [6.07, 6.45) is 3.25. The molecule has 90 valence electrons. The van der Waals surface area contributed by atoms with E-state index in [-0.39, 0.29) is 0 Å². The highest BCUT2D eigenvalue weighted by molar-refractivity contribution is 5.13. The maximum atomic E-state index is 4.02. The number of H-pyrrole nitrogens is 1. The van der Waals surface area contributed by atoms with Gasteiger partial charge in [0.2, 0.25) is 0 Å². The zero-order chi connectivity index (χ0) is 11.4. The monoisotopic (exact) mass is 222 g/mol. The van der Waals surface area contributed by atoms with E-state index in [9.17, 15) is 0 Å². The molecular weight excluding hydrogens is 200 g/mol. The maximum Gasteiger partial charge on any atom is 0.0535 e. The molecule has 0 saturated carbocycles. The van der Waals surface area contributed by atoms with Crippen LogP contribution in [0.2, 0.25) is 0 Å². The van der Waals surface area contributed by atoms with Crippen LogP contribution in [-0.4, -0.2) is 41.3 Å². The summed E-state index contributed by atoms with van der Waals surface area (Å²) in [5.41, 5.74) is 2.46. The first kappa shape index (κ1) is 11.6. The first-order valence-electron chi connectivity index (χ1n) is 6.21. The van der Waals surface area contributed by atoms with Crippen molar-refractivity contribution in [2.45, 2.75) is 26.8 Å². The smallest absolute Gasteiger partial charge is 0.0535 e. The summed E-state index contributed by atoms with van der Waals surface area (Å²) in [5, 5.41) is 10.5. The Bertz CT molecular complexity index is 321. The van der Waals surface area contributed by atoms with Crippen LogP contribution >= 0.6 is 0 Å². The van der Waals surface area contributed by atoms with Gasteiger partial charge in [0.1, 0.15) is 0 Å². The average Bonchev–Trinajstić information content (AvgIpc) is 2.89. The second-order valence-electron chi connectivity index (χ2n) is 4.70. The van der Waals surface area contributed by atoms with E-state index in [2.05, 4.69) is 34.3 Å². The maximum absolute atomic E-state index is 4.02. The highest BCUT2D eigenvalue weighted by Gasteiger charge is 2.20. The van der Waals surface area contributed by atoms with E-state index in [1.165, 1.54) is 37.3 Å². The van der Waals surface area contributed by atoms with E-state index in [1.54, 1.807) is 0 Å². The molecule has 0 aliphatic carbocycles. The molecular formula is C12H22N4. The molecule has 1 unspecified atom stereocenters. The van der Waals surface area contributed by atoms with Crippen LogP contribution in [0, 0.1) is 12.8 Å². The fraction of sp³-hybridized carbons (Fsp3) is 0.750. The highest BCUT2D eigenvalue weighted by atomic mass is 15.1. The molecule has 2 rings (SSSR count). The Hall–Kier alpha value is -0.870. The number of hydrogen-bond donors (Lipinski definition) is 2. The molecule has 0 aromatic carbocycles. The lowest BCUT2D eigenvalue weighted by molar-refractivity contribution is 0.339. The quantitative estimate of drug-likeness (QED) is 0.785. The lowest BCUT2D eigenvalue weighted by Crippen LogP contribution is -2.26. The Balaban J connectivity index is 1.67. The summed E-state index contributed by atoms with van der Waals surface area (Å²) in [6, 6.07) is 0. The molecule has 1 atom stereocenters. The first-order chi connectivity index (χ1) is 7.79. The van der Waals surface area contributed by atoms with E-state index in [0.717, 1.165) is 19.0 Å². The molecule has 1 aliphatic heterocycles. The van der Waals surface area contributed by atoms with Crippen molar-refractivity contribution in [3.63, 3.8) is 0 Å². The zero-order valence-electron chi connectivity index (χ0n) is 10.3. The van der Waals surface area contributed by atoms with Crippen molar-refractivity contribution in [3.8, 4) is 0 Å². The van der Waals surface area contributed by atoms with Gasteiger partial charge in [0.25, 0.3) is 0 Å². The van der Waals surface area contributed by atoms with Gasteiger partial charge in [-0.25, -0.2) is 0 Å². The van der Waals surface area contributed by atoms with Crippen LogP contribution < -0.4 is 5.32 Å². The molecule has 1 saturated heterocycles. The Morgan fingerprint density at radius 3 is 3.12 bits per heavy atom. The van der Waals surface area contributed by atoms with Crippen LogP contribution in [0.4, 0.5) is 0 Å². The van der Waals surface area contributed by atoms with Crippen molar-refractivity contribution in [3.05, 3.63) is 17.5 Å². The van der Waals surface area contributed by atoms with Crippen LogP contribution in [0.5, 0.6) is 0 Å². The summed E-state index contributed by atoms with van der Waals surface area (Å²) in [6.45, 7) is 10.1. The highest BCUT2D eigenvalue weighted by Crippen LogP contribution is 2.14. The van der Waals surface area contributed by atoms with E-state index >= 15 is 0 Å². The number of hydrogen-bond acceptors (Lipinski definition) is 3. The number of aromatic amines is 1. The van der Waals surface area contributed by atoms with Gasteiger partial charge < -0.3 is 10.2 Å². The van der Waals surface area contributed by atoms with Crippen LogP contribution in [0.3, 0.4) is 0 Å². The van der Waals surface area contributed by atoms with Crippen LogP contribution in [-0.2, 0) is 6.54 Å². The lowest BCUT2D eigenvalue weighted by atomic mass is 10.1. The number of nitrogens with zero attached hydrogens (tertiary/aromatic N) is 2. The third-order valence-electron chi connectivity index (χ3n) is 3.50. The molecule has 2 heterocycles. The zero-order valence-corrected chi connectivity index (χ0v) is 10.3. The van der Waals surface area contributed by atoms with Crippen LogP contribution in [0.25, 0.3) is 0 Å². The summed E-state index contributed by atoms with van der Waals surface area (Å²) in [7, 11) is 0. The Kier molecular flexibility index (Phi) is 3.96. The number of likely N-dealkylation sites (tertiary alicyclic amines) is 1. The number of rotatable bonds is 5. The van der Waals surface area contributed by atoms with Crippen LogP contribution in [0.15, 0.2) is 6.20 Å². The normalized spacial score (nSPS) is 21.8. The third-order valence-corrected chi connectivity index (χ3v) is 3.50. The van der Waals surface area contributed by atoms with Crippen molar-refractivity contribution in [1.29, 1.82) is 0 Å². The second-order valence-corrected chi connectivity index (χ2v) is 4.70. The van der Waals surface area contributed by atoms with Gasteiger partial charge in [-0.15, -0.1) is 0 Å². The van der Waals surface area contributed by atoms with Crippen molar-refractivity contribution in [2.75, 3.05) is 26.2 Å². The molecule has 1 aromatic heterocycles. The second kappa shape index (κ2) is 5.46. The van der Waals surface area contributed by atoms with Gasteiger partial charge in [-0.05, 0) is 38.9 Å². The van der Waals surface area contributed by atoms with Crippen molar-refractivity contribution in [1.82, 2.24) is 20.4 Å². The van der Waals surface area contributed by atoms with Gasteiger partial charge in [-0.2, -0.15) is 5.10 Å². The molecule has 1 fully saturated rings. The first-order valence-corrected chi connectivity index (χ1v) is 6.21. The molecule has 2 N–H and O–H groups in total. The fourth-order valence-corrected chi connectivity index (χ4v) is 2.33. The lowest BCUT2D eigenvalue weighted by Gasteiger charge is -2.13. The molecule has 0 bridgehead atoms. The average molecular weight is 222 g/mol. The van der Waals surface area contributed by atoms with E-state index in [4.69, 9.17) is 0 Å². The Labute approximate surface area is 97.4 Å². The molecule has 1 aromatic rings. The molecule has 4 nitrogen and oxygen atoms in total. The predicted molar refractivity (Wildman–Crippen MR) is 65.3 cm³/mol. The topological polar surface area (TPSA) is 44.0 Å². The van der Waals surface area contributed by atoms with Crippen molar-refractivity contribution >= 4 is 0 Å². The standard InChI is InChI=1S/C12H22N4/c1-3-16-5-4-11(9-16)6-13-7-12-8-14-15-10(12)2/h8,11,13H,3-7,9H2,1-2H3,(H,14,15). The minimum absolute atomic E-state index is 0.826. The number of aryl methyl sites for hydroxylation is 1. The van der Waals surface area contributed by atoms with Gasteiger partial charge in [-0.3, -0.25) is 5.10 Å². The Morgan fingerprint density at radius 2 is 2.50 bits per heavy atom. The van der Waals surface area contributed by atoms with Crippen molar-refractivity contribution < 1.29 is 0 Å². The van der Waals surface area contributed by atoms with E-state index in [1.807, 2.05) is 6.20 Å².